The molecule has 0 aliphatic carbocycles. The molecule has 1 aliphatic rings. The average Bonchev–Trinajstić information content (AvgIpc) is 3.17. The van der Waals surface area contributed by atoms with Crippen LogP contribution in [0.3, 0.4) is 0 Å². The van der Waals surface area contributed by atoms with Gasteiger partial charge in [-0.3, -0.25) is 0 Å². The maximum absolute atomic E-state index is 12.5. The van der Waals surface area contributed by atoms with Crippen LogP contribution in [-0.4, -0.2) is 22.6 Å². The number of benzene rings is 1. The van der Waals surface area contributed by atoms with Crippen molar-refractivity contribution in [2.45, 2.75) is 38.6 Å². The maximum atomic E-state index is 12.5. The first-order chi connectivity index (χ1) is 11.0. The van der Waals surface area contributed by atoms with Crippen molar-refractivity contribution in [1.82, 2.24) is 10.1 Å². The molecule has 1 saturated heterocycles. The Morgan fingerprint density at radius 3 is 2.78 bits per heavy atom. The number of likely N-dealkylation sites (tertiary alicyclic amines) is 1. The summed E-state index contributed by atoms with van der Waals surface area (Å²) in [5.41, 5.74) is 1.65. The molecule has 5 nitrogen and oxygen atoms in total. The second kappa shape index (κ2) is 6.62. The van der Waals surface area contributed by atoms with Crippen molar-refractivity contribution >= 4 is 23.3 Å². The Morgan fingerprint density at radius 1 is 1.39 bits per heavy atom. The smallest absolute Gasteiger partial charge is 0.322 e. The van der Waals surface area contributed by atoms with E-state index < -0.39 is 0 Å². The van der Waals surface area contributed by atoms with Crippen molar-refractivity contribution in [2.75, 3.05) is 11.9 Å². The number of nitrogens with zero attached hydrogens (tertiary/aromatic N) is 2. The SMILES string of the molecule is CC(C)c1cc(C2CCCN2C(=O)Nc2ccc(Cl)cc2)on1. The van der Waals surface area contributed by atoms with Crippen molar-refractivity contribution in [3.8, 4) is 0 Å². The standard InChI is InChI=1S/C17H20ClN3O2/c1-11(2)14-10-16(23-20-14)15-4-3-9-21(15)17(22)19-13-7-5-12(18)6-8-13/h5-8,10-11,15H,3-4,9H2,1-2H3,(H,19,22). The monoisotopic (exact) mass is 333 g/mol. The lowest BCUT2D eigenvalue weighted by Gasteiger charge is -2.23. The number of hydrogen-bond acceptors (Lipinski definition) is 3. The van der Waals surface area contributed by atoms with E-state index in [2.05, 4.69) is 24.3 Å². The number of amides is 2. The highest BCUT2D eigenvalue weighted by Gasteiger charge is 2.33. The molecule has 0 saturated carbocycles. The predicted octanol–water partition coefficient (Wildman–Crippen LogP) is 4.82. The van der Waals surface area contributed by atoms with E-state index in [1.54, 1.807) is 29.2 Å². The van der Waals surface area contributed by atoms with Crippen LogP contribution in [0.25, 0.3) is 0 Å². The summed E-state index contributed by atoms with van der Waals surface area (Å²) in [6, 6.07) is 8.87. The molecular formula is C17H20ClN3O2. The lowest BCUT2D eigenvalue weighted by molar-refractivity contribution is 0.195. The van der Waals surface area contributed by atoms with Gasteiger partial charge >= 0.3 is 6.03 Å². The van der Waals surface area contributed by atoms with E-state index in [1.165, 1.54) is 0 Å². The molecule has 2 amide bonds. The molecule has 1 aromatic carbocycles. The highest BCUT2D eigenvalue weighted by molar-refractivity contribution is 6.30. The molecule has 3 rings (SSSR count). The summed E-state index contributed by atoms with van der Waals surface area (Å²) >= 11 is 5.86. The molecule has 1 aromatic heterocycles. The lowest BCUT2D eigenvalue weighted by atomic mass is 10.1. The van der Waals surface area contributed by atoms with Gasteiger partial charge in [-0.2, -0.15) is 0 Å². The molecule has 2 aromatic rings. The lowest BCUT2D eigenvalue weighted by Crippen LogP contribution is -2.34. The van der Waals surface area contributed by atoms with Crippen LogP contribution in [0, 0.1) is 0 Å². The fraction of sp³-hybridized carbons (Fsp3) is 0.412. The molecule has 1 unspecified atom stereocenters. The molecule has 2 heterocycles. The van der Waals surface area contributed by atoms with Gasteiger partial charge in [-0.25, -0.2) is 4.79 Å². The zero-order valence-corrected chi connectivity index (χ0v) is 14.0. The van der Waals surface area contributed by atoms with Gasteiger partial charge in [-0.1, -0.05) is 30.6 Å². The summed E-state index contributed by atoms with van der Waals surface area (Å²) in [6.07, 6.45) is 1.84. The second-order valence-corrected chi connectivity index (χ2v) is 6.53. The minimum atomic E-state index is -0.127. The van der Waals surface area contributed by atoms with Crippen LogP contribution >= 0.6 is 11.6 Å². The fourth-order valence-electron chi connectivity index (χ4n) is 2.77. The summed E-state index contributed by atoms with van der Waals surface area (Å²) in [5.74, 6) is 1.07. The number of hydrogen-bond donors (Lipinski definition) is 1. The van der Waals surface area contributed by atoms with Gasteiger partial charge in [0.05, 0.1) is 11.7 Å². The van der Waals surface area contributed by atoms with Crippen LogP contribution < -0.4 is 5.32 Å². The third-order valence-electron chi connectivity index (χ3n) is 4.08. The third-order valence-corrected chi connectivity index (χ3v) is 4.33. The minimum Gasteiger partial charge on any atom is -0.359 e. The summed E-state index contributed by atoms with van der Waals surface area (Å²) in [5, 5.41) is 7.65. The van der Waals surface area contributed by atoms with Crippen LogP contribution in [0.2, 0.25) is 5.02 Å². The van der Waals surface area contributed by atoms with E-state index in [0.717, 1.165) is 30.0 Å². The maximum Gasteiger partial charge on any atom is 0.322 e. The summed E-state index contributed by atoms with van der Waals surface area (Å²) < 4.78 is 5.47. The Balaban J connectivity index is 1.72. The predicted molar refractivity (Wildman–Crippen MR) is 89.7 cm³/mol. The molecular weight excluding hydrogens is 314 g/mol. The van der Waals surface area contributed by atoms with Gasteiger partial charge in [0.25, 0.3) is 0 Å². The Labute approximate surface area is 140 Å². The van der Waals surface area contributed by atoms with Gasteiger partial charge in [0.1, 0.15) is 0 Å². The van der Waals surface area contributed by atoms with E-state index in [9.17, 15) is 4.79 Å². The van der Waals surface area contributed by atoms with E-state index in [-0.39, 0.29) is 12.1 Å². The van der Waals surface area contributed by atoms with E-state index in [0.29, 0.717) is 17.5 Å². The molecule has 1 aliphatic heterocycles. The quantitative estimate of drug-likeness (QED) is 0.876. The van der Waals surface area contributed by atoms with Crippen LogP contribution in [-0.2, 0) is 0 Å². The first-order valence-electron chi connectivity index (χ1n) is 7.84. The van der Waals surface area contributed by atoms with Crippen molar-refractivity contribution in [1.29, 1.82) is 0 Å². The molecule has 122 valence electrons. The van der Waals surface area contributed by atoms with E-state index in [4.69, 9.17) is 16.1 Å². The second-order valence-electron chi connectivity index (χ2n) is 6.10. The number of halogens is 1. The third kappa shape index (κ3) is 3.50. The van der Waals surface area contributed by atoms with Crippen molar-refractivity contribution in [2.24, 2.45) is 0 Å². The molecule has 1 N–H and O–H groups in total. The minimum absolute atomic E-state index is 0.0534. The Morgan fingerprint density at radius 2 is 2.13 bits per heavy atom. The van der Waals surface area contributed by atoms with Crippen molar-refractivity contribution < 1.29 is 9.32 Å². The fourth-order valence-corrected chi connectivity index (χ4v) is 2.89. The van der Waals surface area contributed by atoms with Gasteiger partial charge < -0.3 is 14.7 Å². The number of carbonyl (C=O) groups is 1. The van der Waals surface area contributed by atoms with Gasteiger partial charge in [0.15, 0.2) is 5.76 Å². The normalized spacial score (nSPS) is 17.7. The van der Waals surface area contributed by atoms with E-state index >= 15 is 0 Å². The number of urea groups is 1. The molecule has 1 atom stereocenters. The molecule has 1 fully saturated rings. The number of anilines is 1. The van der Waals surface area contributed by atoms with Crippen LogP contribution in [0.15, 0.2) is 34.9 Å². The Kier molecular flexibility index (Phi) is 4.57. The molecule has 6 heteroatoms. The highest BCUT2D eigenvalue weighted by atomic mass is 35.5. The topological polar surface area (TPSA) is 58.4 Å². The van der Waals surface area contributed by atoms with Crippen LogP contribution in [0.4, 0.5) is 10.5 Å². The number of rotatable bonds is 3. The summed E-state index contributed by atoms with van der Waals surface area (Å²) in [4.78, 5) is 14.3. The van der Waals surface area contributed by atoms with Crippen LogP contribution in [0.5, 0.6) is 0 Å². The largest absolute Gasteiger partial charge is 0.359 e. The molecule has 0 radical (unpaired) electrons. The zero-order valence-electron chi connectivity index (χ0n) is 13.3. The zero-order chi connectivity index (χ0) is 16.4. The van der Waals surface area contributed by atoms with Gasteiger partial charge in [-0.05, 0) is 43.0 Å². The summed E-state index contributed by atoms with van der Waals surface area (Å²) in [6.45, 7) is 4.85. The molecule has 23 heavy (non-hydrogen) atoms. The summed E-state index contributed by atoms with van der Waals surface area (Å²) in [7, 11) is 0. The Bertz CT molecular complexity index is 681. The van der Waals surface area contributed by atoms with Crippen molar-refractivity contribution in [3.63, 3.8) is 0 Å². The average molecular weight is 334 g/mol. The number of aromatic nitrogens is 1. The van der Waals surface area contributed by atoms with Gasteiger partial charge in [-0.15, -0.1) is 0 Å². The Hall–Kier alpha value is -2.01. The highest BCUT2D eigenvalue weighted by Crippen LogP contribution is 2.33. The van der Waals surface area contributed by atoms with Crippen molar-refractivity contribution in [3.05, 3.63) is 46.8 Å². The van der Waals surface area contributed by atoms with E-state index in [1.807, 2.05) is 6.07 Å². The van der Waals surface area contributed by atoms with Gasteiger partial charge in [0.2, 0.25) is 0 Å². The molecule has 0 spiro atoms. The number of carbonyl (C=O) groups excluding carboxylic acids is 1. The number of nitrogens with one attached hydrogen (secondary N) is 1. The van der Waals surface area contributed by atoms with Crippen LogP contribution in [0.1, 0.15) is 50.1 Å². The van der Waals surface area contributed by atoms with Gasteiger partial charge in [0, 0.05) is 23.3 Å². The first kappa shape index (κ1) is 15.9. The first-order valence-corrected chi connectivity index (χ1v) is 8.22. The molecule has 0 bridgehead atoms.